The molecular formula is C15H20Cl2. The smallest absolute Gasteiger partial charge is 0.0598 e. The molecule has 0 aliphatic rings. The van der Waals surface area contributed by atoms with Crippen molar-refractivity contribution in [3.8, 4) is 0 Å². The van der Waals surface area contributed by atoms with E-state index in [1.165, 1.54) is 25.7 Å². The third kappa shape index (κ3) is 5.14. The highest BCUT2D eigenvalue weighted by atomic mass is 35.5. The van der Waals surface area contributed by atoms with Crippen LogP contribution in [-0.4, -0.2) is 0 Å². The Morgan fingerprint density at radius 2 is 1.71 bits per heavy atom. The molecule has 0 aliphatic heterocycles. The average molecular weight is 271 g/mol. The lowest BCUT2D eigenvalue weighted by molar-refractivity contribution is 0.531. The summed E-state index contributed by atoms with van der Waals surface area (Å²) >= 11 is 11.9. The minimum atomic E-state index is 0.613. The fourth-order valence-electron chi connectivity index (χ4n) is 1.94. The zero-order valence-electron chi connectivity index (χ0n) is 10.5. The molecule has 94 valence electrons. The maximum atomic E-state index is 5.99. The van der Waals surface area contributed by atoms with Crippen molar-refractivity contribution < 1.29 is 0 Å². The van der Waals surface area contributed by atoms with Gasteiger partial charge in [-0.25, -0.2) is 0 Å². The van der Waals surface area contributed by atoms with Crippen LogP contribution in [0.15, 0.2) is 24.3 Å². The summed E-state index contributed by atoms with van der Waals surface area (Å²) in [5.74, 6) is 0.680. The first-order valence-corrected chi connectivity index (χ1v) is 7.06. The molecule has 0 saturated carbocycles. The van der Waals surface area contributed by atoms with Gasteiger partial charge in [-0.3, -0.25) is 0 Å². The van der Waals surface area contributed by atoms with Crippen LogP contribution in [0.1, 0.15) is 45.1 Å². The van der Waals surface area contributed by atoms with Crippen molar-refractivity contribution in [1.29, 1.82) is 0 Å². The largest absolute Gasteiger partial charge is 0.0827 e. The third-order valence-electron chi connectivity index (χ3n) is 2.82. The standard InChI is InChI=1S/C15H20Cl2/c1-3-5-12(6-4-2)7-8-13-9-10-14(16)15(17)11-13/h7-12H,3-6H2,1-2H3/b8-7+. The molecule has 1 rings (SSSR count). The molecule has 0 saturated heterocycles. The van der Waals surface area contributed by atoms with Crippen molar-refractivity contribution in [2.45, 2.75) is 39.5 Å². The Labute approximate surface area is 115 Å². The van der Waals surface area contributed by atoms with Crippen LogP contribution in [0, 0.1) is 5.92 Å². The summed E-state index contributed by atoms with van der Waals surface area (Å²) in [4.78, 5) is 0. The SMILES string of the molecule is CCCC(/C=C/c1ccc(Cl)c(Cl)c1)CCC. The monoisotopic (exact) mass is 270 g/mol. The fourth-order valence-corrected chi connectivity index (χ4v) is 2.25. The summed E-state index contributed by atoms with van der Waals surface area (Å²) in [6, 6.07) is 5.76. The number of halogens is 2. The number of allylic oxidation sites excluding steroid dienone is 1. The van der Waals surface area contributed by atoms with Crippen LogP contribution in [0.5, 0.6) is 0 Å². The molecule has 0 heterocycles. The highest BCUT2D eigenvalue weighted by Gasteiger charge is 2.02. The first kappa shape index (κ1) is 14.6. The summed E-state index contributed by atoms with van der Waals surface area (Å²) in [5, 5.41) is 1.24. The Morgan fingerprint density at radius 3 is 2.24 bits per heavy atom. The topological polar surface area (TPSA) is 0 Å². The molecule has 1 aromatic rings. The highest BCUT2D eigenvalue weighted by Crippen LogP contribution is 2.24. The van der Waals surface area contributed by atoms with Gasteiger partial charge in [-0.05, 0) is 36.5 Å². The van der Waals surface area contributed by atoms with E-state index in [4.69, 9.17) is 23.2 Å². The van der Waals surface area contributed by atoms with E-state index in [0.717, 1.165) is 5.56 Å². The minimum absolute atomic E-state index is 0.613. The van der Waals surface area contributed by atoms with Crippen molar-refractivity contribution in [3.63, 3.8) is 0 Å². The molecule has 17 heavy (non-hydrogen) atoms. The summed E-state index contributed by atoms with van der Waals surface area (Å²) < 4.78 is 0. The maximum Gasteiger partial charge on any atom is 0.0598 e. The Morgan fingerprint density at radius 1 is 1.06 bits per heavy atom. The predicted molar refractivity (Wildman–Crippen MR) is 78.8 cm³/mol. The Hall–Kier alpha value is -0.460. The van der Waals surface area contributed by atoms with Crippen LogP contribution in [0.4, 0.5) is 0 Å². The first-order valence-electron chi connectivity index (χ1n) is 6.30. The number of rotatable bonds is 6. The molecule has 1 aromatic carbocycles. The molecular weight excluding hydrogens is 251 g/mol. The molecule has 0 aliphatic carbocycles. The fraction of sp³-hybridized carbons (Fsp3) is 0.467. The van der Waals surface area contributed by atoms with Gasteiger partial charge in [0.05, 0.1) is 10.0 Å². The zero-order valence-corrected chi connectivity index (χ0v) is 12.1. The molecule has 0 bridgehead atoms. The quantitative estimate of drug-likeness (QED) is 0.575. The molecule has 0 spiro atoms. The normalized spacial score (nSPS) is 11.6. The van der Waals surface area contributed by atoms with Crippen molar-refractivity contribution >= 4 is 29.3 Å². The second kappa shape index (κ2) is 7.79. The summed E-state index contributed by atoms with van der Waals surface area (Å²) in [6.45, 7) is 4.46. The van der Waals surface area contributed by atoms with Gasteiger partial charge >= 0.3 is 0 Å². The maximum absolute atomic E-state index is 5.99. The number of hydrogen-bond acceptors (Lipinski definition) is 0. The molecule has 0 nitrogen and oxygen atoms in total. The molecule has 0 radical (unpaired) electrons. The highest BCUT2D eigenvalue weighted by molar-refractivity contribution is 6.42. The summed E-state index contributed by atoms with van der Waals surface area (Å²) in [7, 11) is 0. The van der Waals surface area contributed by atoms with Crippen molar-refractivity contribution in [2.75, 3.05) is 0 Å². The summed E-state index contributed by atoms with van der Waals surface area (Å²) in [5.41, 5.74) is 1.12. The van der Waals surface area contributed by atoms with Crippen LogP contribution in [0.2, 0.25) is 10.0 Å². The molecule has 2 heteroatoms. The number of hydrogen-bond donors (Lipinski definition) is 0. The van der Waals surface area contributed by atoms with Crippen LogP contribution in [-0.2, 0) is 0 Å². The van der Waals surface area contributed by atoms with Gasteiger partial charge in [-0.2, -0.15) is 0 Å². The van der Waals surface area contributed by atoms with Crippen LogP contribution in [0.25, 0.3) is 6.08 Å². The molecule has 0 unspecified atom stereocenters. The van der Waals surface area contributed by atoms with Gasteiger partial charge in [0.1, 0.15) is 0 Å². The molecule has 0 aromatic heterocycles. The van der Waals surface area contributed by atoms with Crippen LogP contribution in [0.3, 0.4) is 0 Å². The van der Waals surface area contributed by atoms with Gasteiger partial charge in [-0.1, -0.05) is 68.1 Å². The van der Waals surface area contributed by atoms with E-state index in [2.05, 4.69) is 26.0 Å². The van der Waals surface area contributed by atoms with Gasteiger partial charge < -0.3 is 0 Å². The van der Waals surface area contributed by atoms with Gasteiger partial charge in [0, 0.05) is 0 Å². The number of benzene rings is 1. The van der Waals surface area contributed by atoms with E-state index in [1.54, 1.807) is 0 Å². The minimum Gasteiger partial charge on any atom is -0.0827 e. The molecule has 0 atom stereocenters. The van der Waals surface area contributed by atoms with Crippen LogP contribution >= 0.6 is 23.2 Å². The second-order valence-electron chi connectivity index (χ2n) is 4.37. The van der Waals surface area contributed by atoms with Gasteiger partial charge in [-0.15, -0.1) is 0 Å². The Bertz CT molecular complexity index is 363. The van der Waals surface area contributed by atoms with Gasteiger partial charge in [0.25, 0.3) is 0 Å². The predicted octanol–water partition coefficient (Wildman–Crippen LogP) is 6.22. The van der Waals surface area contributed by atoms with Crippen molar-refractivity contribution in [3.05, 3.63) is 39.9 Å². The van der Waals surface area contributed by atoms with Gasteiger partial charge in [0.15, 0.2) is 0 Å². The molecule has 0 fully saturated rings. The summed E-state index contributed by atoms with van der Waals surface area (Å²) in [6.07, 6.45) is 9.43. The van der Waals surface area contributed by atoms with E-state index in [-0.39, 0.29) is 0 Å². The Kier molecular flexibility index (Phi) is 6.69. The average Bonchev–Trinajstić information content (AvgIpc) is 2.31. The van der Waals surface area contributed by atoms with E-state index in [9.17, 15) is 0 Å². The van der Waals surface area contributed by atoms with E-state index in [0.29, 0.717) is 16.0 Å². The van der Waals surface area contributed by atoms with Crippen LogP contribution < -0.4 is 0 Å². The third-order valence-corrected chi connectivity index (χ3v) is 3.56. The first-order chi connectivity index (χ1) is 8.17. The van der Waals surface area contributed by atoms with Crippen molar-refractivity contribution in [2.24, 2.45) is 5.92 Å². The van der Waals surface area contributed by atoms with Gasteiger partial charge in [0.2, 0.25) is 0 Å². The lowest BCUT2D eigenvalue weighted by atomic mass is 9.97. The van der Waals surface area contributed by atoms with Crippen molar-refractivity contribution in [1.82, 2.24) is 0 Å². The zero-order chi connectivity index (χ0) is 12.7. The van der Waals surface area contributed by atoms with E-state index < -0.39 is 0 Å². The van der Waals surface area contributed by atoms with E-state index >= 15 is 0 Å². The van der Waals surface area contributed by atoms with E-state index in [1.807, 2.05) is 18.2 Å². The Balaban J connectivity index is 2.69. The molecule has 0 N–H and O–H groups in total. The molecule has 0 amide bonds. The second-order valence-corrected chi connectivity index (χ2v) is 5.18. The lowest BCUT2D eigenvalue weighted by Gasteiger charge is -2.09. The lowest BCUT2D eigenvalue weighted by Crippen LogP contribution is -1.94.